The van der Waals surface area contributed by atoms with Crippen molar-refractivity contribution < 1.29 is 14.2 Å². The first-order valence-corrected chi connectivity index (χ1v) is 6.53. The molecule has 108 valence electrons. The van der Waals surface area contributed by atoms with Gasteiger partial charge >= 0.3 is 0 Å². The van der Waals surface area contributed by atoms with Crippen molar-refractivity contribution in [2.45, 2.75) is 13.5 Å². The highest BCUT2D eigenvalue weighted by atomic mass is 19.1. The zero-order valence-electron chi connectivity index (χ0n) is 11.6. The molecule has 4 nitrogen and oxygen atoms in total. The Bertz CT molecular complexity index is 680. The molecule has 2 aromatic carbocycles. The molecule has 0 saturated carbocycles. The molecule has 0 fully saturated rings. The number of nitriles is 1. The third kappa shape index (κ3) is 3.23. The Balaban J connectivity index is 2.20. The second-order valence-electron chi connectivity index (χ2n) is 4.32. The Labute approximate surface area is 122 Å². The van der Waals surface area contributed by atoms with Crippen LogP contribution in [-0.4, -0.2) is 11.7 Å². The summed E-state index contributed by atoms with van der Waals surface area (Å²) in [6.45, 7) is 2.54. The first-order chi connectivity index (χ1) is 10.2. The Morgan fingerprint density at radius 1 is 1.29 bits per heavy atom. The van der Waals surface area contributed by atoms with E-state index < -0.39 is 5.82 Å². The second kappa shape index (κ2) is 6.62. The lowest BCUT2D eigenvalue weighted by Crippen LogP contribution is -2.03. The predicted octanol–water partition coefficient (Wildman–Crippen LogP) is 3.41. The minimum absolute atomic E-state index is 0.0433. The molecular formula is C16H15FN2O2. The van der Waals surface area contributed by atoms with Gasteiger partial charge in [0.15, 0.2) is 11.5 Å². The lowest BCUT2D eigenvalue weighted by atomic mass is 10.1. The number of benzene rings is 2. The number of nitrogens with one attached hydrogen (secondary N) is 1. The molecule has 0 heterocycles. The first kappa shape index (κ1) is 14.7. The quantitative estimate of drug-likeness (QED) is 0.884. The van der Waals surface area contributed by atoms with Gasteiger partial charge in [0.25, 0.3) is 0 Å². The van der Waals surface area contributed by atoms with Gasteiger partial charge in [-0.05, 0) is 25.1 Å². The fourth-order valence-corrected chi connectivity index (χ4v) is 1.96. The molecule has 21 heavy (non-hydrogen) atoms. The molecule has 0 aliphatic heterocycles. The molecule has 0 unspecified atom stereocenters. The summed E-state index contributed by atoms with van der Waals surface area (Å²) in [7, 11) is 0. The molecule has 0 radical (unpaired) electrons. The number of hydrogen-bond acceptors (Lipinski definition) is 4. The maximum Gasteiger partial charge on any atom is 0.162 e. The van der Waals surface area contributed by atoms with Gasteiger partial charge < -0.3 is 15.2 Å². The summed E-state index contributed by atoms with van der Waals surface area (Å²) in [6, 6.07) is 11.4. The van der Waals surface area contributed by atoms with Crippen LogP contribution >= 0.6 is 0 Å². The maximum absolute atomic E-state index is 13.5. The van der Waals surface area contributed by atoms with E-state index in [0.29, 0.717) is 23.6 Å². The normalized spacial score (nSPS) is 9.95. The minimum atomic E-state index is -0.574. The van der Waals surface area contributed by atoms with E-state index in [9.17, 15) is 9.50 Å². The van der Waals surface area contributed by atoms with Crippen molar-refractivity contribution in [3.05, 3.63) is 53.3 Å². The van der Waals surface area contributed by atoms with Crippen LogP contribution in [0, 0.1) is 17.1 Å². The van der Waals surface area contributed by atoms with Gasteiger partial charge in [-0.15, -0.1) is 0 Å². The third-order valence-electron chi connectivity index (χ3n) is 2.98. The zero-order valence-corrected chi connectivity index (χ0v) is 11.6. The van der Waals surface area contributed by atoms with Crippen molar-refractivity contribution in [3.63, 3.8) is 0 Å². The summed E-state index contributed by atoms with van der Waals surface area (Å²) < 4.78 is 18.8. The van der Waals surface area contributed by atoms with Gasteiger partial charge in [0, 0.05) is 12.1 Å². The first-order valence-electron chi connectivity index (χ1n) is 6.53. The SMILES string of the molecule is CCOc1cccc(CNc2cccc(F)c2C#N)c1O. The van der Waals surface area contributed by atoms with Gasteiger partial charge in [0.1, 0.15) is 17.4 Å². The molecule has 0 aliphatic carbocycles. The monoisotopic (exact) mass is 286 g/mol. The van der Waals surface area contributed by atoms with E-state index in [-0.39, 0.29) is 17.9 Å². The van der Waals surface area contributed by atoms with Crippen LogP contribution < -0.4 is 10.1 Å². The molecule has 2 N–H and O–H groups in total. The fraction of sp³-hybridized carbons (Fsp3) is 0.188. The number of phenolic OH excluding ortho intramolecular Hbond substituents is 1. The highest BCUT2D eigenvalue weighted by Crippen LogP contribution is 2.30. The molecule has 0 spiro atoms. The van der Waals surface area contributed by atoms with E-state index in [1.807, 2.05) is 13.0 Å². The van der Waals surface area contributed by atoms with E-state index >= 15 is 0 Å². The number of aromatic hydroxyl groups is 1. The number of ether oxygens (including phenoxy) is 1. The Kier molecular flexibility index (Phi) is 4.62. The molecule has 2 aromatic rings. The number of rotatable bonds is 5. The Morgan fingerprint density at radius 3 is 2.76 bits per heavy atom. The van der Waals surface area contributed by atoms with Crippen LogP contribution in [-0.2, 0) is 6.54 Å². The van der Waals surface area contributed by atoms with E-state index in [0.717, 1.165) is 0 Å². The summed E-state index contributed by atoms with van der Waals surface area (Å²) in [4.78, 5) is 0. The second-order valence-corrected chi connectivity index (χ2v) is 4.32. The van der Waals surface area contributed by atoms with Crippen LogP contribution in [0.4, 0.5) is 10.1 Å². The van der Waals surface area contributed by atoms with Gasteiger partial charge in [-0.3, -0.25) is 0 Å². The number of nitrogens with zero attached hydrogens (tertiary/aromatic N) is 1. The Hall–Kier alpha value is -2.74. The van der Waals surface area contributed by atoms with Crippen LogP contribution in [0.3, 0.4) is 0 Å². The van der Waals surface area contributed by atoms with Crippen LogP contribution in [0.1, 0.15) is 18.1 Å². The molecule has 0 amide bonds. The maximum atomic E-state index is 13.5. The lowest BCUT2D eigenvalue weighted by molar-refractivity contribution is 0.317. The van der Waals surface area contributed by atoms with Crippen LogP contribution in [0.2, 0.25) is 0 Å². The topological polar surface area (TPSA) is 65.3 Å². The van der Waals surface area contributed by atoms with Crippen LogP contribution in [0.15, 0.2) is 36.4 Å². The molecule has 0 saturated heterocycles. The molecule has 0 aromatic heterocycles. The third-order valence-corrected chi connectivity index (χ3v) is 2.98. The van der Waals surface area contributed by atoms with Crippen molar-refractivity contribution in [1.82, 2.24) is 0 Å². The van der Waals surface area contributed by atoms with Crippen molar-refractivity contribution in [2.75, 3.05) is 11.9 Å². The molecular weight excluding hydrogens is 271 g/mol. The summed E-state index contributed by atoms with van der Waals surface area (Å²) in [6.07, 6.45) is 0. The highest BCUT2D eigenvalue weighted by Gasteiger charge is 2.10. The van der Waals surface area contributed by atoms with E-state index in [4.69, 9.17) is 10.00 Å². The molecule has 2 rings (SSSR count). The van der Waals surface area contributed by atoms with Crippen LogP contribution in [0.25, 0.3) is 0 Å². The minimum Gasteiger partial charge on any atom is -0.504 e. The van der Waals surface area contributed by atoms with Crippen molar-refractivity contribution in [2.24, 2.45) is 0 Å². The van der Waals surface area contributed by atoms with E-state index in [1.165, 1.54) is 12.1 Å². The molecule has 0 atom stereocenters. The van der Waals surface area contributed by atoms with E-state index in [1.54, 1.807) is 24.3 Å². The number of phenols is 1. The highest BCUT2D eigenvalue weighted by molar-refractivity contribution is 5.58. The van der Waals surface area contributed by atoms with Gasteiger partial charge in [0.2, 0.25) is 0 Å². The smallest absolute Gasteiger partial charge is 0.162 e. The van der Waals surface area contributed by atoms with E-state index in [2.05, 4.69) is 5.32 Å². The van der Waals surface area contributed by atoms with Gasteiger partial charge in [-0.2, -0.15) is 5.26 Å². The standard InChI is InChI=1S/C16H15FN2O2/c1-2-21-15-8-3-5-11(16(15)20)10-19-14-7-4-6-13(17)12(14)9-18/h3-8,19-20H,2,10H2,1H3. The largest absolute Gasteiger partial charge is 0.504 e. The van der Waals surface area contributed by atoms with Crippen LogP contribution in [0.5, 0.6) is 11.5 Å². The summed E-state index contributed by atoms with van der Waals surface area (Å²) in [5.41, 5.74) is 0.950. The molecule has 5 heteroatoms. The summed E-state index contributed by atoms with van der Waals surface area (Å²) in [5.74, 6) is -0.131. The number of anilines is 1. The van der Waals surface area contributed by atoms with Gasteiger partial charge in [-0.25, -0.2) is 4.39 Å². The Morgan fingerprint density at radius 2 is 2.05 bits per heavy atom. The van der Waals surface area contributed by atoms with Crippen molar-refractivity contribution in [1.29, 1.82) is 5.26 Å². The van der Waals surface area contributed by atoms with Crippen molar-refractivity contribution in [3.8, 4) is 17.6 Å². The van der Waals surface area contributed by atoms with Crippen molar-refractivity contribution >= 4 is 5.69 Å². The predicted molar refractivity (Wildman–Crippen MR) is 77.7 cm³/mol. The zero-order chi connectivity index (χ0) is 15.2. The summed E-state index contributed by atoms with van der Waals surface area (Å²) >= 11 is 0. The fourth-order valence-electron chi connectivity index (χ4n) is 1.96. The average Bonchev–Trinajstić information content (AvgIpc) is 2.48. The van der Waals surface area contributed by atoms with Gasteiger partial charge in [0.05, 0.1) is 12.3 Å². The number of para-hydroxylation sites is 1. The molecule has 0 aliphatic rings. The lowest BCUT2D eigenvalue weighted by Gasteiger charge is -2.12. The molecule has 0 bridgehead atoms. The van der Waals surface area contributed by atoms with Gasteiger partial charge in [-0.1, -0.05) is 18.2 Å². The average molecular weight is 286 g/mol. The summed E-state index contributed by atoms with van der Waals surface area (Å²) in [5, 5.41) is 22.0. The number of halogens is 1. The number of hydrogen-bond donors (Lipinski definition) is 2.